The Hall–Kier alpha value is -3.20. The number of anilines is 1. The highest BCUT2D eigenvalue weighted by molar-refractivity contribution is 7.92. The fourth-order valence-electron chi connectivity index (χ4n) is 2.12. The molecule has 9 heteroatoms. The van der Waals surface area contributed by atoms with Crippen LogP contribution in [0.2, 0.25) is 0 Å². The molecular weight excluding hydrogens is 342 g/mol. The topological polar surface area (TPSA) is 117 Å². The Balaban J connectivity index is 1.72. The van der Waals surface area contributed by atoms with Crippen LogP contribution in [0.4, 0.5) is 5.69 Å². The van der Waals surface area contributed by atoms with Gasteiger partial charge in [-0.15, -0.1) is 0 Å². The molecule has 1 amide bonds. The summed E-state index contributed by atoms with van der Waals surface area (Å²) in [7, 11) is -3.71. The fourth-order valence-corrected chi connectivity index (χ4v) is 3.19. The molecule has 1 heterocycles. The predicted octanol–water partition coefficient (Wildman–Crippen LogP) is 1.54. The van der Waals surface area contributed by atoms with Gasteiger partial charge in [-0.25, -0.2) is 8.42 Å². The van der Waals surface area contributed by atoms with Gasteiger partial charge in [-0.3, -0.25) is 9.52 Å². The van der Waals surface area contributed by atoms with Crippen molar-refractivity contribution in [2.75, 3.05) is 4.72 Å². The van der Waals surface area contributed by atoms with E-state index in [9.17, 15) is 13.2 Å². The molecule has 0 saturated heterocycles. The summed E-state index contributed by atoms with van der Waals surface area (Å²) in [5.41, 5.74) is 1.23. The fraction of sp³-hybridized carbons (Fsp3) is 0.0625. The predicted molar refractivity (Wildman–Crippen MR) is 91.2 cm³/mol. The summed E-state index contributed by atoms with van der Waals surface area (Å²) >= 11 is 0. The number of H-pyrrole nitrogens is 1. The number of hydrogen-bond donors (Lipinski definition) is 3. The second-order valence-corrected chi connectivity index (χ2v) is 6.83. The minimum atomic E-state index is -3.71. The van der Waals surface area contributed by atoms with Crippen molar-refractivity contribution in [3.8, 4) is 0 Å². The van der Waals surface area contributed by atoms with Crippen LogP contribution < -0.4 is 10.0 Å². The third-order valence-corrected chi connectivity index (χ3v) is 4.72. The van der Waals surface area contributed by atoms with E-state index < -0.39 is 10.0 Å². The van der Waals surface area contributed by atoms with Crippen LogP contribution in [0.1, 0.15) is 16.1 Å². The molecular formula is C16H15N5O3S. The monoisotopic (exact) mass is 357 g/mol. The Bertz CT molecular complexity index is 956. The smallest absolute Gasteiger partial charge is 0.261 e. The third kappa shape index (κ3) is 4.21. The average molecular weight is 357 g/mol. The van der Waals surface area contributed by atoms with Gasteiger partial charge in [0, 0.05) is 11.3 Å². The van der Waals surface area contributed by atoms with Crippen molar-refractivity contribution in [2.24, 2.45) is 0 Å². The van der Waals surface area contributed by atoms with Crippen molar-refractivity contribution in [1.82, 2.24) is 20.7 Å². The maximum absolute atomic E-state index is 12.3. The lowest BCUT2D eigenvalue weighted by Crippen LogP contribution is -2.23. The largest absolute Gasteiger partial charge is 0.346 e. The van der Waals surface area contributed by atoms with Crippen LogP contribution in [0.25, 0.3) is 0 Å². The van der Waals surface area contributed by atoms with Gasteiger partial charge in [0.25, 0.3) is 15.9 Å². The Morgan fingerprint density at radius 2 is 1.88 bits per heavy atom. The molecule has 3 N–H and O–H groups in total. The number of aromatic amines is 1. The van der Waals surface area contributed by atoms with E-state index in [-0.39, 0.29) is 17.3 Å². The number of nitrogens with zero attached hydrogens (tertiary/aromatic N) is 2. The van der Waals surface area contributed by atoms with Crippen molar-refractivity contribution in [3.05, 3.63) is 72.1 Å². The van der Waals surface area contributed by atoms with Crippen molar-refractivity contribution >= 4 is 21.6 Å². The molecule has 0 unspecified atom stereocenters. The van der Waals surface area contributed by atoms with Crippen LogP contribution in [0, 0.1) is 0 Å². The van der Waals surface area contributed by atoms with E-state index in [0.717, 1.165) is 0 Å². The van der Waals surface area contributed by atoms with E-state index in [1.807, 2.05) is 0 Å². The number of nitrogens with one attached hydrogen (secondary N) is 3. The molecule has 128 valence electrons. The summed E-state index contributed by atoms with van der Waals surface area (Å²) in [5, 5.41) is 12.6. The third-order valence-electron chi connectivity index (χ3n) is 3.33. The molecule has 8 nitrogen and oxygen atoms in total. The standard InChI is InChI=1S/C16H15N5O3S/c22-16(17-10-14-11-18-21-19-14)12-5-4-6-13(9-12)20-25(23,24)15-7-2-1-3-8-15/h1-9,11,20H,10H2,(H,17,22)(H,18,19,21). The van der Waals surface area contributed by atoms with Gasteiger partial charge in [0.1, 0.15) is 5.69 Å². The zero-order valence-corrected chi connectivity index (χ0v) is 13.8. The number of benzene rings is 2. The summed E-state index contributed by atoms with van der Waals surface area (Å²) < 4.78 is 27.1. The molecule has 0 spiro atoms. The lowest BCUT2D eigenvalue weighted by atomic mass is 10.2. The Morgan fingerprint density at radius 3 is 2.60 bits per heavy atom. The van der Waals surface area contributed by atoms with Crippen molar-refractivity contribution in [3.63, 3.8) is 0 Å². The first kappa shape index (κ1) is 16.7. The number of sulfonamides is 1. The van der Waals surface area contributed by atoms with Crippen LogP contribution >= 0.6 is 0 Å². The minimum absolute atomic E-state index is 0.149. The van der Waals surface area contributed by atoms with Gasteiger partial charge in [0.15, 0.2) is 0 Å². The summed E-state index contributed by atoms with van der Waals surface area (Å²) in [4.78, 5) is 12.3. The van der Waals surface area contributed by atoms with Crippen molar-refractivity contribution < 1.29 is 13.2 Å². The number of hydrogen-bond acceptors (Lipinski definition) is 5. The molecule has 2 aromatic carbocycles. The maximum atomic E-state index is 12.3. The van der Waals surface area contributed by atoms with Gasteiger partial charge >= 0.3 is 0 Å². The molecule has 3 aromatic rings. The van der Waals surface area contributed by atoms with Crippen LogP contribution in [-0.4, -0.2) is 29.7 Å². The summed E-state index contributed by atoms with van der Waals surface area (Å²) in [6.45, 7) is 0.218. The van der Waals surface area contributed by atoms with E-state index in [1.165, 1.54) is 24.4 Å². The Labute approximate surface area is 144 Å². The zero-order chi connectivity index (χ0) is 17.7. The first-order valence-corrected chi connectivity index (χ1v) is 8.84. The van der Waals surface area contributed by atoms with Crippen LogP contribution in [0.5, 0.6) is 0 Å². The molecule has 0 aliphatic rings. The number of carbonyl (C=O) groups is 1. The van der Waals surface area contributed by atoms with Gasteiger partial charge in [0.2, 0.25) is 0 Å². The molecule has 0 aliphatic carbocycles. The summed E-state index contributed by atoms with van der Waals surface area (Å²) in [5.74, 6) is -0.344. The van der Waals surface area contributed by atoms with Crippen LogP contribution in [0.15, 0.2) is 65.7 Å². The van der Waals surface area contributed by atoms with Crippen molar-refractivity contribution in [1.29, 1.82) is 0 Å². The highest BCUT2D eigenvalue weighted by atomic mass is 32.2. The van der Waals surface area contributed by atoms with Gasteiger partial charge in [-0.2, -0.15) is 15.4 Å². The highest BCUT2D eigenvalue weighted by Crippen LogP contribution is 2.17. The summed E-state index contributed by atoms with van der Waals surface area (Å²) in [6.07, 6.45) is 1.50. The Morgan fingerprint density at radius 1 is 1.08 bits per heavy atom. The number of rotatable bonds is 6. The number of carbonyl (C=O) groups excluding carboxylic acids is 1. The zero-order valence-electron chi connectivity index (χ0n) is 13.0. The van der Waals surface area contributed by atoms with Gasteiger partial charge < -0.3 is 5.32 Å². The molecule has 0 radical (unpaired) electrons. The molecule has 0 aliphatic heterocycles. The second-order valence-electron chi connectivity index (χ2n) is 5.14. The van der Waals surface area contributed by atoms with Gasteiger partial charge in [0.05, 0.1) is 17.6 Å². The quantitative estimate of drug-likeness (QED) is 0.618. The molecule has 0 bridgehead atoms. The van der Waals surface area contributed by atoms with E-state index >= 15 is 0 Å². The number of aromatic nitrogens is 3. The molecule has 1 aromatic heterocycles. The second kappa shape index (κ2) is 7.14. The lowest BCUT2D eigenvalue weighted by molar-refractivity contribution is 0.0950. The molecule has 0 saturated carbocycles. The van der Waals surface area contributed by atoms with E-state index in [1.54, 1.807) is 36.4 Å². The lowest BCUT2D eigenvalue weighted by Gasteiger charge is -2.09. The molecule has 0 atom stereocenters. The summed E-state index contributed by atoms with van der Waals surface area (Å²) in [6, 6.07) is 14.3. The first-order chi connectivity index (χ1) is 12.0. The van der Waals surface area contributed by atoms with E-state index in [0.29, 0.717) is 16.9 Å². The van der Waals surface area contributed by atoms with E-state index in [4.69, 9.17) is 0 Å². The Kier molecular flexibility index (Phi) is 4.75. The normalized spacial score (nSPS) is 11.0. The van der Waals surface area contributed by atoms with Crippen molar-refractivity contribution in [2.45, 2.75) is 11.4 Å². The van der Waals surface area contributed by atoms with Crippen LogP contribution in [-0.2, 0) is 16.6 Å². The van der Waals surface area contributed by atoms with Gasteiger partial charge in [-0.1, -0.05) is 24.3 Å². The van der Waals surface area contributed by atoms with Gasteiger partial charge in [-0.05, 0) is 30.3 Å². The molecule has 25 heavy (non-hydrogen) atoms. The average Bonchev–Trinajstić information content (AvgIpc) is 3.14. The first-order valence-electron chi connectivity index (χ1n) is 7.35. The molecule has 0 fully saturated rings. The maximum Gasteiger partial charge on any atom is 0.261 e. The SMILES string of the molecule is O=C(NCc1cn[nH]n1)c1cccc(NS(=O)(=O)c2ccccc2)c1. The highest BCUT2D eigenvalue weighted by Gasteiger charge is 2.14. The molecule has 3 rings (SSSR count). The van der Waals surface area contributed by atoms with E-state index in [2.05, 4.69) is 25.4 Å². The minimum Gasteiger partial charge on any atom is -0.346 e. The van der Waals surface area contributed by atoms with Crippen LogP contribution in [0.3, 0.4) is 0 Å². The number of amides is 1.